The standard InChI is InChI=1S/C35H42N4O5/c1-38-19-14-25(15-20-38)33(41)39-21-16-27(17-22-39)37-32(40)30-28-13-18-35(44-28,31(30)34(42)43-2)29(23-24-9-5-3-6-10-24)36-26-11-7-4-8-12-26/h3-13,18,25,27-29,36H,14-17,19-23H2,1-2H3,(H,37,40). The molecule has 0 saturated carbocycles. The van der Waals surface area contributed by atoms with Crippen molar-refractivity contribution in [2.45, 2.75) is 55.9 Å². The van der Waals surface area contributed by atoms with Gasteiger partial charge in [-0.3, -0.25) is 9.59 Å². The fourth-order valence-corrected chi connectivity index (χ4v) is 7.07. The van der Waals surface area contributed by atoms with Gasteiger partial charge in [-0.25, -0.2) is 4.79 Å². The number of hydrogen-bond donors (Lipinski definition) is 2. The molecular weight excluding hydrogens is 556 g/mol. The van der Waals surface area contributed by atoms with E-state index in [1.165, 1.54) is 7.11 Å². The number of nitrogens with one attached hydrogen (secondary N) is 2. The van der Waals surface area contributed by atoms with Crippen LogP contribution in [0.4, 0.5) is 5.69 Å². The Morgan fingerprint density at radius 1 is 0.955 bits per heavy atom. The van der Waals surface area contributed by atoms with Crippen molar-refractivity contribution in [3.05, 3.63) is 89.5 Å². The second kappa shape index (κ2) is 13.0. The van der Waals surface area contributed by atoms with Crippen LogP contribution in [0, 0.1) is 5.92 Å². The van der Waals surface area contributed by atoms with Crippen LogP contribution in [-0.4, -0.2) is 91.7 Å². The topological polar surface area (TPSA) is 100 Å². The molecule has 9 heteroatoms. The van der Waals surface area contributed by atoms with Gasteiger partial charge in [-0.15, -0.1) is 0 Å². The zero-order chi connectivity index (χ0) is 30.7. The van der Waals surface area contributed by atoms with Crippen molar-refractivity contribution >= 4 is 23.5 Å². The summed E-state index contributed by atoms with van der Waals surface area (Å²) >= 11 is 0. The maximum absolute atomic E-state index is 13.9. The highest BCUT2D eigenvalue weighted by Crippen LogP contribution is 2.47. The third-order valence-corrected chi connectivity index (χ3v) is 9.54. The molecule has 232 valence electrons. The maximum atomic E-state index is 13.9. The molecule has 4 aliphatic heterocycles. The number of ether oxygens (including phenoxy) is 2. The number of anilines is 1. The number of piperidine rings is 2. The van der Waals surface area contributed by atoms with Crippen molar-refractivity contribution in [2.24, 2.45) is 5.92 Å². The van der Waals surface area contributed by atoms with E-state index in [0.717, 1.165) is 37.2 Å². The average Bonchev–Trinajstić information content (AvgIpc) is 3.64. The summed E-state index contributed by atoms with van der Waals surface area (Å²) in [7, 11) is 3.43. The van der Waals surface area contributed by atoms with Gasteiger partial charge in [0, 0.05) is 30.7 Å². The Morgan fingerprint density at radius 2 is 1.61 bits per heavy atom. The summed E-state index contributed by atoms with van der Waals surface area (Å²) in [6.07, 6.45) is 6.80. The van der Waals surface area contributed by atoms with Crippen LogP contribution in [0.5, 0.6) is 0 Å². The predicted molar refractivity (Wildman–Crippen MR) is 168 cm³/mol. The van der Waals surface area contributed by atoms with E-state index in [4.69, 9.17) is 9.47 Å². The molecule has 4 heterocycles. The Hall–Kier alpha value is -3.95. The van der Waals surface area contributed by atoms with Crippen molar-refractivity contribution < 1.29 is 23.9 Å². The molecule has 2 N–H and O–H groups in total. The Bertz CT molecular complexity index is 1370. The fourth-order valence-electron chi connectivity index (χ4n) is 7.07. The summed E-state index contributed by atoms with van der Waals surface area (Å²) in [4.78, 5) is 44.7. The van der Waals surface area contributed by atoms with Crippen molar-refractivity contribution in [2.75, 3.05) is 45.7 Å². The molecule has 0 aromatic heterocycles. The number of amides is 2. The van der Waals surface area contributed by atoms with E-state index in [-0.39, 0.29) is 29.3 Å². The summed E-state index contributed by atoms with van der Waals surface area (Å²) in [5.74, 6) is -0.566. The van der Waals surface area contributed by atoms with Gasteiger partial charge in [0.25, 0.3) is 5.91 Å². The lowest BCUT2D eigenvalue weighted by Gasteiger charge is -2.37. The van der Waals surface area contributed by atoms with Gasteiger partial charge in [0.15, 0.2) is 0 Å². The lowest BCUT2D eigenvalue weighted by Crippen LogP contribution is -2.50. The number of benzene rings is 2. The van der Waals surface area contributed by atoms with Crippen LogP contribution in [-0.2, 0) is 30.3 Å². The van der Waals surface area contributed by atoms with Crippen molar-refractivity contribution in [1.29, 1.82) is 0 Å². The zero-order valence-electron chi connectivity index (χ0n) is 25.5. The molecule has 2 aromatic rings. The molecule has 4 aliphatic rings. The minimum absolute atomic E-state index is 0.0904. The first-order valence-electron chi connectivity index (χ1n) is 15.7. The van der Waals surface area contributed by atoms with Crippen molar-refractivity contribution in [3.8, 4) is 0 Å². The van der Waals surface area contributed by atoms with Gasteiger partial charge in [0.1, 0.15) is 11.7 Å². The molecule has 44 heavy (non-hydrogen) atoms. The first kappa shape index (κ1) is 30.1. The first-order valence-corrected chi connectivity index (χ1v) is 15.7. The molecule has 2 bridgehead atoms. The Morgan fingerprint density at radius 3 is 2.27 bits per heavy atom. The first-order chi connectivity index (χ1) is 21.4. The summed E-state index contributed by atoms with van der Waals surface area (Å²) < 4.78 is 11.9. The maximum Gasteiger partial charge on any atom is 0.337 e. The van der Waals surface area contributed by atoms with Crippen LogP contribution in [0.25, 0.3) is 0 Å². The van der Waals surface area contributed by atoms with Gasteiger partial charge < -0.3 is 29.9 Å². The lowest BCUT2D eigenvalue weighted by molar-refractivity contribution is -0.139. The zero-order valence-corrected chi connectivity index (χ0v) is 25.5. The van der Waals surface area contributed by atoms with Crippen molar-refractivity contribution in [3.63, 3.8) is 0 Å². The summed E-state index contributed by atoms with van der Waals surface area (Å²) in [5.41, 5.74) is 1.30. The molecule has 0 spiro atoms. The Kier molecular flexibility index (Phi) is 8.86. The number of para-hydroxylation sites is 1. The molecule has 0 radical (unpaired) electrons. The van der Waals surface area contributed by atoms with Gasteiger partial charge in [-0.05, 0) is 76.0 Å². The predicted octanol–water partition coefficient (Wildman–Crippen LogP) is 3.34. The highest BCUT2D eigenvalue weighted by atomic mass is 16.5. The van der Waals surface area contributed by atoms with Gasteiger partial charge in [0.05, 0.1) is 24.3 Å². The van der Waals surface area contributed by atoms with Gasteiger partial charge >= 0.3 is 5.97 Å². The third-order valence-electron chi connectivity index (χ3n) is 9.54. The molecule has 3 atom stereocenters. The quantitative estimate of drug-likeness (QED) is 0.338. The van der Waals surface area contributed by atoms with Gasteiger partial charge in [-0.1, -0.05) is 54.6 Å². The van der Waals surface area contributed by atoms with Crippen LogP contribution < -0.4 is 10.6 Å². The van der Waals surface area contributed by atoms with Crippen LogP contribution in [0.3, 0.4) is 0 Å². The van der Waals surface area contributed by atoms with Gasteiger partial charge in [0.2, 0.25) is 5.91 Å². The van der Waals surface area contributed by atoms with E-state index in [0.29, 0.717) is 37.9 Å². The number of hydrogen-bond acceptors (Lipinski definition) is 7. The molecule has 2 fully saturated rings. The highest BCUT2D eigenvalue weighted by molar-refractivity contribution is 6.07. The molecule has 2 aromatic carbocycles. The number of carbonyl (C=O) groups excluding carboxylic acids is 3. The number of rotatable bonds is 9. The van der Waals surface area contributed by atoms with Crippen LogP contribution in [0.1, 0.15) is 31.2 Å². The number of carbonyl (C=O) groups is 3. The minimum Gasteiger partial charge on any atom is -0.466 e. The van der Waals surface area contributed by atoms with Crippen molar-refractivity contribution in [1.82, 2.24) is 15.1 Å². The fraction of sp³-hybridized carbons (Fsp3) is 0.457. The highest BCUT2D eigenvalue weighted by Gasteiger charge is 2.58. The summed E-state index contributed by atoms with van der Waals surface area (Å²) in [6.45, 7) is 3.13. The SMILES string of the molecule is COC(=O)C1=C(C(=O)NC2CCN(C(=O)C3CCN(C)CC3)CC2)C2C=CC1(C(Cc1ccccc1)Nc1ccccc1)O2. The number of esters is 1. The van der Waals surface area contributed by atoms with E-state index >= 15 is 0 Å². The Balaban J connectivity index is 1.21. The second-order valence-electron chi connectivity index (χ2n) is 12.4. The van der Waals surface area contributed by atoms with Crippen LogP contribution in [0.15, 0.2) is 84.0 Å². The monoisotopic (exact) mass is 598 g/mol. The second-order valence-corrected chi connectivity index (χ2v) is 12.4. The van der Waals surface area contributed by atoms with E-state index in [2.05, 4.69) is 22.6 Å². The normalized spacial score (nSPS) is 24.8. The van der Waals surface area contributed by atoms with Crippen LogP contribution >= 0.6 is 0 Å². The largest absolute Gasteiger partial charge is 0.466 e. The Labute approximate surface area is 259 Å². The number of nitrogens with zero attached hydrogens (tertiary/aromatic N) is 2. The molecule has 9 nitrogen and oxygen atoms in total. The van der Waals surface area contributed by atoms with Gasteiger partial charge in [-0.2, -0.15) is 0 Å². The lowest BCUT2D eigenvalue weighted by atomic mass is 9.78. The van der Waals surface area contributed by atoms with E-state index in [1.807, 2.05) is 77.7 Å². The number of likely N-dealkylation sites (tertiary alicyclic amines) is 2. The smallest absolute Gasteiger partial charge is 0.337 e. The van der Waals surface area contributed by atoms with Crippen LogP contribution in [0.2, 0.25) is 0 Å². The van der Waals surface area contributed by atoms with E-state index in [1.54, 1.807) is 0 Å². The molecule has 3 unspecified atom stereocenters. The summed E-state index contributed by atoms with van der Waals surface area (Å²) in [5, 5.41) is 6.76. The third kappa shape index (κ3) is 6.03. The molecule has 6 rings (SSSR count). The number of methoxy groups -OCH3 is 1. The minimum atomic E-state index is -1.19. The molecular formula is C35H42N4O5. The molecule has 2 amide bonds. The summed E-state index contributed by atoms with van der Waals surface area (Å²) in [6, 6.07) is 19.3. The molecule has 2 saturated heterocycles. The number of fused-ring (bicyclic) bond motifs is 2. The van der Waals surface area contributed by atoms with E-state index < -0.39 is 23.7 Å². The van der Waals surface area contributed by atoms with E-state index in [9.17, 15) is 14.4 Å². The average molecular weight is 599 g/mol. The molecule has 0 aliphatic carbocycles.